The first kappa shape index (κ1) is 11.2. The van der Waals surface area contributed by atoms with Crippen LogP contribution in [0.3, 0.4) is 0 Å². The number of fused-ring (bicyclic) bond motifs is 1. The lowest BCUT2D eigenvalue weighted by molar-refractivity contribution is 0.403. The van der Waals surface area contributed by atoms with E-state index in [2.05, 4.69) is 0 Å². The Kier molecular flexibility index (Phi) is 2.73. The Labute approximate surface area is 94.6 Å². The summed E-state index contributed by atoms with van der Waals surface area (Å²) in [7, 11) is -1.93. The zero-order valence-corrected chi connectivity index (χ0v) is 9.75. The summed E-state index contributed by atoms with van der Waals surface area (Å²) in [5, 5.41) is 0. The second-order valence-corrected chi connectivity index (χ2v) is 5.47. The van der Waals surface area contributed by atoms with Crippen LogP contribution in [0.15, 0.2) is 28.0 Å². The molecule has 0 bridgehead atoms. The van der Waals surface area contributed by atoms with Gasteiger partial charge in [-0.3, -0.25) is 0 Å². The van der Waals surface area contributed by atoms with Gasteiger partial charge in [-0.25, -0.2) is 8.42 Å². The van der Waals surface area contributed by atoms with Crippen molar-refractivity contribution in [3.8, 4) is 5.75 Å². The van der Waals surface area contributed by atoms with Gasteiger partial charge in [0.05, 0.1) is 12.0 Å². The minimum atomic E-state index is -3.40. The van der Waals surface area contributed by atoms with Gasteiger partial charge in [0, 0.05) is 0 Å². The Bertz CT molecular complexity index is 546. The molecule has 1 aliphatic heterocycles. The molecule has 0 saturated heterocycles. The number of ether oxygens (including phenoxy) is 1. The molecule has 0 aromatic heterocycles. The van der Waals surface area contributed by atoms with Gasteiger partial charge in [0.1, 0.15) is 10.6 Å². The Morgan fingerprint density at radius 1 is 1.38 bits per heavy atom. The molecule has 0 amide bonds. The lowest BCUT2D eigenvalue weighted by Gasteiger charge is -2.07. The number of sulfone groups is 1. The highest BCUT2D eigenvalue weighted by atomic mass is 32.2. The molecule has 0 unspecified atom stereocenters. The molecule has 1 aromatic carbocycles. The fourth-order valence-electron chi connectivity index (χ4n) is 1.83. The van der Waals surface area contributed by atoms with Crippen molar-refractivity contribution in [3.05, 3.63) is 28.7 Å². The first-order valence-corrected chi connectivity index (χ1v) is 6.42. The zero-order chi connectivity index (χ0) is 11.8. The summed E-state index contributed by atoms with van der Waals surface area (Å²) in [5.74, 6) is 0.390. The predicted octanol–water partition coefficient (Wildman–Crippen LogP) is 1.17. The highest BCUT2D eigenvalue weighted by Gasteiger charge is 2.31. The summed E-state index contributed by atoms with van der Waals surface area (Å²) in [6.07, 6.45) is 2.03. The average Bonchev–Trinajstić information content (AvgIpc) is 2.52. The van der Waals surface area contributed by atoms with Crippen LogP contribution in [0.5, 0.6) is 5.75 Å². The largest absolute Gasteiger partial charge is 0.495 e. The number of hydrogen-bond donors (Lipinski definition) is 1. The van der Waals surface area contributed by atoms with Gasteiger partial charge < -0.3 is 10.5 Å². The molecule has 4 nitrogen and oxygen atoms in total. The van der Waals surface area contributed by atoms with Crippen molar-refractivity contribution in [3.63, 3.8) is 0 Å². The number of nitrogens with two attached hydrogens (primary N) is 1. The normalized spacial score (nSPS) is 16.8. The van der Waals surface area contributed by atoms with Crippen molar-refractivity contribution in [2.75, 3.05) is 13.7 Å². The van der Waals surface area contributed by atoms with Gasteiger partial charge in [-0.1, -0.05) is 12.1 Å². The number of methoxy groups -OCH3 is 1. The lowest BCUT2D eigenvalue weighted by Crippen LogP contribution is -2.07. The summed E-state index contributed by atoms with van der Waals surface area (Å²) in [4.78, 5) is 0.635. The second-order valence-electron chi connectivity index (χ2n) is 3.53. The molecule has 0 saturated carbocycles. The van der Waals surface area contributed by atoms with Gasteiger partial charge in [-0.15, -0.1) is 0 Å². The van der Waals surface area contributed by atoms with Gasteiger partial charge >= 0.3 is 0 Å². The molecule has 0 fully saturated rings. The third-order valence-electron chi connectivity index (χ3n) is 2.55. The molecule has 2 N–H and O–H groups in total. The van der Waals surface area contributed by atoms with Gasteiger partial charge in [0.15, 0.2) is 0 Å². The van der Waals surface area contributed by atoms with Crippen LogP contribution in [-0.4, -0.2) is 22.1 Å². The maximum Gasteiger partial charge on any atom is 0.207 e. The van der Waals surface area contributed by atoms with Crippen LogP contribution in [0.25, 0.3) is 6.08 Å². The molecule has 0 radical (unpaired) electrons. The van der Waals surface area contributed by atoms with Crippen LogP contribution in [0.1, 0.15) is 12.0 Å². The first-order chi connectivity index (χ1) is 7.61. The summed E-state index contributed by atoms with van der Waals surface area (Å²) in [5.41, 5.74) is 6.08. The third-order valence-corrected chi connectivity index (χ3v) is 4.54. The monoisotopic (exact) mass is 239 g/mol. The Hall–Kier alpha value is -1.33. The van der Waals surface area contributed by atoms with E-state index in [-0.39, 0.29) is 4.90 Å². The standard InChI is InChI=1S/C11H13NO3S/c1-15-10-4-2-3-8-7-9(5-6-12)16(13,14)11(8)10/h2-4,7H,5-6,12H2,1H3. The summed E-state index contributed by atoms with van der Waals surface area (Å²) in [6, 6.07) is 5.18. The molecule has 0 spiro atoms. The van der Waals surface area contributed by atoms with Gasteiger partial charge in [-0.2, -0.15) is 0 Å². The topological polar surface area (TPSA) is 69.4 Å². The zero-order valence-electron chi connectivity index (χ0n) is 8.93. The fraction of sp³-hybridized carbons (Fsp3) is 0.273. The Balaban J connectivity index is 2.62. The van der Waals surface area contributed by atoms with Crippen LogP contribution >= 0.6 is 0 Å². The van der Waals surface area contributed by atoms with E-state index in [1.54, 1.807) is 24.3 Å². The van der Waals surface area contributed by atoms with Crippen LogP contribution in [0.4, 0.5) is 0 Å². The van der Waals surface area contributed by atoms with E-state index in [1.165, 1.54) is 7.11 Å². The maximum absolute atomic E-state index is 12.2. The first-order valence-electron chi connectivity index (χ1n) is 4.94. The number of rotatable bonds is 3. The van der Waals surface area contributed by atoms with Crippen molar-refractivity contribution in [1.29, 1.82) is 0 Å². The van der Waals surface area contributed by atoms with E-state index >= 15 is 0 Å². The number of benzene rings is 1. The van der Waals surface area contributed by atoms with Crippen molar-refractivity contribution in [2.45, 2.75) is 11.3 Å². The Morgan fingerprint density at radius 2 is 2.12 bits per heavy atom. The second kappa shape index (κ2) is 3.92. The molecule has 0 atom stereocenters. The average molecular weight is 239 g/mol. The Morgan fingerprint density at radius 3 is 2.75 bits per heavy atom. The molecule has 86 valence electrons. The van der Waals surface area contributed by atoms with Crippen LogP contribution < -0.4 is 10.5 Å². The highest BCUT2D eigenvalue weighted by Crippen LogP contribution is 2.39. The molecule has 16 heavy (non-hydrogen) atoms. The van der Waals surface area contributed by atoms with Crippen molar-refractivity contribution >= 4 is 15.9 Å². The summed E-state index contributed by atoms with van der Waals surface area (Å²) < 4.78 is 29.4. The van der Waals surface area contributed by atoms with E-state index < -0.39 is 9.84 Å². The van der Waals surface area contributed by atoms with E-state index in [0.29, 0.717) is 29.2 Å². The predicted molar refractivity (Wildman–Crippen MR) is 61.8 cm³/mol. The molecular weight excluding hydrogens is 226 g/mol. The minimum Gasteiger partial charge on any atom is -0.495 e. The molecular formula is C11H13NO3S. The van der Waals surface area contributed by atoms with Crippen LogP contribution in [0, 0.1) is 0 Å². The lowest BCUT2D eigenvalue weighted by atomic mass is 10.2. The molecule has 1 aliphatic rings. The summed E-state index contributed by atoms with van der Waals surface area (Å²) >= 11 is 0. The molecule has 2 rings (SSSR count). The minimum absolute atomic E-state index is 0.265. The smallest absolute Gasteiger partial charge is 0.207 e. The fourth-order valence-corrected chi connectivity index (χ4v) is 3.61. The SMILES string of the molecule is COc1cccc2c1S(=O)(=O)C(CCN)=C2. The molecule has 0 aliphatic carbocycles. The van der Waals surface area contributed by atoms with Crippen molar-refractivity contribution in [1.82, 2.24) is 0 Å². The maximum atomic E-state index is 12.2. The third kappa shape index (κ3) is 1.52. The van der Waals surface area contributed by atoms with Crippen LogP contribution in [0.2, 0.25) is 0 Å². The van der Waals surface area contributed by atoms with Gasteiger partial charge in [0.2, 0.25) is 9.84 Å². The van der Waals surface area contributed by atoms with E-state index in [0.717, 1.165) is 0 Å². The number of hydrogen-bond acceptors (Lipinski definition) is 4. The van der Waals surface area contributed by atoms with Gasteiger partial charge in [0.25, 0.3) is 0 Å². The van der Waals surface area contributed by atoms with Crippen molar-refractivity contribution in [2.24, 2.45) is 5.73 Å². The molecule has 1 heterocycles. The quantitative estimate of drug-likeness (QED) is 0.859. The molecule has 1 aromatic rings. The summed E-state index contributed by atoms with van der Waals surface area (Å²) in [6.45, 7) is 0.321. The van der Waals surface area contributed by atoms with E-state index in [9.17, 15) is 8.42 Å². The van der Waals surface area contributed by atoms with Crippen LogP contribution in [-0.2, 0) is 9.84 Å². The van der Waals surface area contributed by atoms with E-state index in [1.807, 2.05) is 0 Å². The van der Waals surface area contributed by atoms with E-state index in [4.69, 9.17) is 10.5 Å². The highest BCUT2D eigenvalue weighted by molar-refractivity contribution is 7.96. The van der Waals surface area contributed by atoms with Gasteiger partial charge in [-0.05, 0) is 30.7 Å². The molecule has 5 heteroatoms. The van der Waals surface area contributed by atoms with Crippen molar-refractivity contribution < 1.29 is 13.2 Å².